The smallest absolute Gasteiger partial charge is 0.303 e. The lowest BCUT2D eigenvalue weighted by Crippen LogP contribution is -2.41. The molecule has 3 heterocycles. The molecule has 0 spiro atoms. The van der Waals surface area contributed by atoms with E-state index in [-0.39, 0.29) is 17.9 Å². The molecule has 1 fully saturated rings. The number of carbonyl (C=O) groups is 1. The number of pyridine rings is 2. The summed E-state index contributed by atoms with van der Waals surface area (Å²) in [5, 5.41) is 10.6. The SMILES string of the molecule is COc1ccc2ncc(Cl)c([C@@H](F)CCC3(CC(=O)O)CCN(CCCSc4cccnc4)CC3)c2c1. The van der Waals surface area contributed by atoms with Gasteiger partial charge in [0.15, 0.2) is 0 Å². The van der Waals surface area contributed by atoms with E-state index >= 15 is 4.39 Å². The number of halogens is 2. The number of hydrogen-bond donors (Lipinski definition) is 1. The molecule has 3 aromatic rings. The van der Waals surface area contributed by atoms with Crippen LogP contribution in [0.3, 0.4) is 0 Å². The normalized spacial score (nSPS) is 16.5. The summed E-state index contributed by atoms with van der Waals surface area (Å²) in [5.41, 5.74) is 0.641. The van der Waals surface area contributed by atoms with Crippen molar-refractivity contribution in [1.29, 1.82) is 0 Å². The Labute approximate surface area is 226 Å². The van der Waals surface area contributed by atoms with Gasteiger partial charge in [0.05, 0.1) is 24.1 Å². The van der Waals surface area contributed by atoms with Crippen molar-refractivity contribution in [2.75, 3.05) is 32.5 Å². The first-order valence-electron chi connectivity index (χ1n) is 12.6. The molecule has 1 atom stereocenters. The molecule has 1 saturated heterocycles. The van der Waals surface area contributed by atoms with E-state index in [1.54, 1.807) is 43.3 Å². The number of likely N-dealkylation sites (tertiary alicyclic amines) is 1. The number of thioether (sulfide) groups is 1. The maximum Gasteiger partial charge on any atom is 0.303 e. The van der Waals surface area contributed by atoms with Gasteiger partial charge in [0.25, 0.3) is 0 Å². The number of nitrogens with zero attached hydrogens (tertiary/aromatic N) is 3. The number of benzene rings is 1. The molecule has 0 saturated carbocycles. The highest BCUT2D eigenvalue weighted by Gasteiger charge is 2.37. The first kappa shape index (κ1) is 27.6. The lowest BCUT2D eigenvalue weighted by Gasteiger charge is -2.41. The Balaban J connectivity index is 1.35. The Bertz CT molecular complexity index is 1190. The fraction of sp³-hybridized carbons (Fsp3) is 0.464. The molecule has 37 heavy (non-hydrogen) atoms. The standard InChI is InChI=1S/C28H33ClFN3O3S/c1-36-20-5-6-25-22(16-20)27(23(29)19-32-25)24(30)7-8-28(17-26(34)35)9-13-33(14-10-28)12-3-15-37-21-4-2-11-31-18-21/h2,4-6,11,16,18-19,24H,3,7-10,12-15,17H2,1H3,(H,34,35)/t24-/m0/s1. The predicted molar refractivity (Wildman–Crippen MR) is 146 cm³/mol. The molecule has 0 amide bonds. The van der Waals surface area contributed by atoms with Gasteiger partial charge in [-0.15, -0.1) is 11.8 Å². The number of fused-ring (bicyclic) bond motifs is 1. The summed E-state index contributed by atoms with van der Waals surface area (Å²) < 4.78 is 21.0. The first-order chi connectivity index (χ1) is 17.9. The number of piperidine rings is 1. The van der Waals surface area contributed by atoms with Gasteiger partial charge in [-0.3, -0.25) is 14.8 Å². The third-order valence-electron chi connectivity index (χ3n) is 7.27. The van der Waals surface area contributed by atoms with E-state index in [9.17, 15) is 9.90 Å². The van der Waals surface area contributed by atoms with E-state index in [2.05, 4.69) is 20.9 Å². The summed E-state index contributed by atoms with van der Waals surface area (Å²) in [6, 6.07) is 9.34. The van der Waals surface area contributed by atoms with E-state index in [0.29, 0.717) is 28.6 Å². The molecule has 1 aliphatic rings. The van der Waals surface area contributed by atoms with Crippen LogP contribution < -0.4 is 4.74 Å². The van der Waals surface area contributed by atoms with Gasteiger partial charge in [-0.1, -0.05) is 11.6 Å². The van der Waals surface area contributed by atoms with Crippen LogP contribution in [-0.4, -0.2) is 58.4 Å². The fourth-order valence-corrected chi connectivity index (χ4v) is 6.28. The van der Waals surface area contributed by atoms with Gasteiger partial charge in [-0.05, 0) is 93.2 Å². The molecular weight excluding hydrogens is 513 g/mol. The molecule has 1 aliphatic heterocycles. The Kier molecular flexibility index (Phi) is 9.62. The summed E-state index contributed by atoms with van der Waals surface area (Å²) >= 11 is 8.20. The maximum atomic E-state index is 15.7. The van der Waals surface area contributed by atoms with Crippen molar-refractivity contribution in [3.05, 3.63) is 59.5 Å². The Morgan fingerprint density at radius 2 is 2.11 bits per heavy atom. The zero-order chi connectivity index (χ0) is 26.3. The number of aromatic nitrogens is 2. The summed E-state index contributed by atoms with van der Waals surface area (Å²) in [5.74, 6) is 0.796. The van der Waals surface area contributed by atoms with Gasteiger partial charge >= 0.3 is 5.97 Å². The Morgan fingerprint density at radius 3 is 2.81 bits per heavy atom. The van der Waals surface area contributed by atoms with Gasteiger partial charge in [-0.2, -0.15) is 0 Å². The maximum absolute atomic E-state index is 15.7. The zero-order valence-electron chi connectivity index (χ0n) is 21.0. The lowest BCUT2D eigenvalue weighted by atomic mass is 9.71. The van der Waals surface area contributed by atoms with Crippen LogP contribution >= 0.6 is 23.4 Å². The summed E-state index contributed by atoms with van der Waals surface area (Å²) in [7, 11) is 1.56. The molecule has 198 valence electrons. The van der Waals surface area contributed by atoms with Crippen LogP contribution in [0.15, 0.2) is 53.8 Å². The van der Waals surface area contributed by atoms with Crippen molar-refractivity contribution in [2.24, 2.45) is 5.41 Å². The predicted octanol–water partition coefficient (Wildman–Crippen LogP) is 6.82. The number of aliphatic carboxylic acids is 1. The highest BCUT2D eigenvalue weighted by atomic mass is 35.5. The van der Waals surface area contributed by atoms with Crippen molar-refractivity contribution in [3.8, 4) is 5.75 Å². The third-order valence-corrected chi connectivity index (χ3v) is 8.64. The van der Waals surface area contributed by atoms with Crippen LogP contribution in [0.5, 0.6) is 5.75 Å². The lowest BCUT2D eigenvalue weighted by molar-refractivity contribution is -0.141. The number of ether oxygens (including phenoxy) is 1. The molecule has 1 N–H and O–H groups in total. The molecule has 6 nitrogen and oxygen atoms in total. The summed E-state index contributed by atoms with van der Waals surface area (Å²) in [4.78, 5) is 23.8. The van der Waals surface area contributed by atoms with Gasteiger partial charge in [-0.25, -0.2) is 4.39 Å². The number of carboxylic acids is 1. The van der Waals surface area contributed by atoms with Crippen LogP contribution in [0.2, 0.25) is 5.02 Å². The van der Waals surface area contributed by atoms with Crippen molar-refractivity contribution in [1.82, 2.24) is 14.9 Å². The summed E-state index contributed by atoms with van der Waals surface area (Å²) in [6.07, 6.45) is 7.13. The second kappa shape index (κ2) is 12.9. The van der Waals surface area contributed by atoms with E-state index in [1.165, 1.54) is 11.1 Å². The van der Waals surface area contributed by atoms with E-state index in [1.807, 2.05) is 12.3 Å². The van der Waals surface area contributed by atoms with Gasteiger partial charge in [0.2, 0.25) is 0 Å². The Morgan fingerprint density at radius 1 is 1.30 bits per heavy atom. The fourth-order valence-electron chi connectivity index (χ4n) is 5.19. The van der Waals surface area contributed by atoms with Crippen molar-refractivity contribution in [3.63, 3.8) is 0 Å². The topological polar surface area (TPSA) is 75.6 Å². The molecular formula is C28H33ClFN3O3S. The number of carboxylic acid groups (broad SMARTS) is 1. The average molecular weight is 546 g/mol. The van der Waals surface area contributed by atoms with E-state index in [4.69, 9.17) is 16.3 Å². The molecule has 0 unspecified atom stereocenters. The molecule has 4 rings (SSSR count). The minimum atomic E-state index is -1.32. The number of hydrogen-bond acceptors (Lipinski definition) is 6. The minimum Gasteiger partial charge on any atom is -0.497 e. The van der Waals surface area contributed by atoms with Crippen LogP contribution in [0.4, 0.5) is 4.39 Å². The first-order valence-corrected chi connectivity index (χ1v) is 14.0. The van der Waals surface area contributed by atoms with Gasteiger partial charge in [0.1, 0.15) is 11.9 Å². The van der Waals surface area contributed by atoms with E-state index < -0.39 is 17.6 Å². The quantitative estimate of drug-likeness (QED) is 0.197. The van der Waals surface area contributed by atoms with Crippen LogP contribution in [-0.2, 0) is 4.79 Å². The zero-order valence-corrected chi connectivity index (χ0v) is 22.6. The average Bonchev–Trinajstić information content (AvgIpc) is 2.90. The molecule has 9 heteroatoms. The number of rotatable bonds is 12. The van der Waals surface area contributed by atoms with Crippen molar-refractivity contribution in [2.45, 2.75) is 49.6 Å². The van der Waals surface area contributed by atoms with Gasteiger partial charge < -0.3 is 14.7 Å². The molecule has 0 aliphatic carbocycles. The minimum absolute atomic E-state index is 0.0586. The second-order valence-electron chi connectivity index (χ2n) is 9.71. The monoisotopic (exact) mass is 545 g/mol. The number of methoxy groups -OCH3 is 1. The van der Waals surface area contributed by atoms with E-state index in [0.717, 1.165) is 44.6 Å². The van der Waals surface area contributed by atoms with Crippen LogP contribution in [0, 0.1) is 5.41 Å². The number of alkyl halides is 1. The van der Waals surface area contributed by atoms with Crippen LogP contribution in [0.25, 0.3) is 10.9 Å². The molecule has 0 radical (unpaired) electrons. The molecule has 1 aromatic carbocycles. The molecule has 2 aromatic heterocycles. The van der Waals surface area contributed by atoms with Crippen molar-refractivity contribution < 1.29 is 19.0 Å². The van der Waals surface area contributed by atoms with Gasteiger partial charge in [0, 0.05) is 34.4 Å². The second-order valence-corrected chi connectivity index (χ2v) is 11.3. The summed E-state index contributed by atoms with van der Waals surface area (Å²) in [6.45, 7) is 2.64. The highest BCUT2D eigenvalue weighted by Crippen LogP contribution is 2.44. The van der Waals surface area contributed by atoms with Crippen molar-refractivity contribution >= 4 is 40.2 Å². The Hall–Kier alpha value is -2.42. The third kappa shape index (κ3) is 7.33. The van der Waals surface area contributed by atoms with Crippen LogP contribution in [0.1, 0.15) is 50.3 Å². The highest BCUT2D eigenvalue weighted by molar-refractivity contribution is 7.99. The molecule has 0 bridgehead atoms. The largest absolute Gasteiger partial charge is 0.497 e.